The van der Waals surface area contributed by atoms with Crippen LogP contribution in [0.4, 0.5) is 11.4 Å². The number of amides is 2. The summed E-state index contributed by atoms with van der Waals surface area (Å²) in [6.45, 7) is 3.96. The maximum atomic E-state index is 13.4. The summed E-state index contributed by atoms with van der Waals surface area (Å²) < 4.78 is 11.6. The number of fused-ring (bicyclic) bond motifs is 1. The summed E-state index contributed by atoms with van der Waals surface area (Å²) in [4.78, 5) is 64.9. The van der Waals surface area contributed by atoms with Gasteiger partial charge >= 0.3 is 5.97 Å². The van der Waals surface area contributed by atoms with Crippen molar-refractivity contribution in [2.24, 2.45) is 0 Å². The minimum Gasteiger partial charge on any atom is -0.457 e. The first-order valence-electron chi connectivity index (χ1n) is 14.5. The fourth-order valence-corrected chi connectivity index (χ4v) is 5.15. The minimum atomic E-state index is -1.39. The van der Waals surface area contributed by atoms with Gasteiger partial charge in [-0.3, -0.25) is 24.5 Å². The van der Waals surface area contributed by atoms with Gasteiger partial charge in [-0.2, -0.15) is 0 Å². The lowest BCUT2D eigenvalue weighted by atomic mass is 9.99. The topological polar surface area (TPSA) is 133 Å². The van der Waals surface area contributed by atoms with Gasteiger partial charge in [0, 0.05) is 23.3 Å². The van der Waals surface area contributed by atoms with Crippen molar-refractivity contribution in [3.63, 3.8) is 0 Å². The molecule has 232 valence electrons. The van der Waals surface area contributed by atoms with Crippen LogP contribution in [0.3, 0.4) is 0 Å². The Labute approximate surface area is 268 Å². The Morgan fingerprint density at radius 3 is 2.00 bits per heavy atom. The molecule has 0 fully saturated rings. The lowest BCUT2D eigenvalue weighted by molar-refractivity contribution is -0.384. The average Bonchev–Trinajstić information content (AvgIpc) is 3.33. The Morgan fingerprint density at radius 2 is 1.34 bits per heavy atom. The lowest BCUT2D eigenvalue weighted by Crippen LogP contribution is -2.29. The van der Waals surface area contributed by atoms with Crippen molar-refractivity contribution in [3.8, 4) is 11.5 Å². The molecule has 5 aromatic rings. The quantitative estimate of drug-likeness (QED) is 0.0537. The molecule has 2 amide bonds. The van der Waals surface area contributed by atoms with Crippen LogP contribution >= 0.6 is 0 Å². The molecule has 10 heteroatoms. The summed E-state index contributed by atoms with van der Waals surface area (Å²) in [5, 5.41) is 11.1. The molecule has 0 bridgehead atoms. The molecule has 0 saturated carbocycles. The van der Waals surface area contributed by atoms with Gasteiger partial charge in [0.1, 0.15) is 11.5 Å². The SMILES string of the molecule is Cc1ccc(Oc2ccc3c(c2)C(=O)N(c2ccc(C(=O)O[C@H](C(=O)c4ccccc4)c4ccc([N+](=O)[O-])cc4)cc2)C3=O)cc1C. The van der Waals surface area contributed by atoms with E-state index in [0.717, 1.165) is 16.0 Å². The molecule has 1 aliphatic rings. The number of carbonyl (C=O) groups excluding carboxylic acids is 4. The second-order valence-corrected chi connectivity index (χ2v) is 10.9. The summed E-state index contributed by atoms with van der Waals surface area (Å²) in [5.74, 6) is -1.43. The number of carbonyl (C=O) groups is 4. The van der Waals surface area contributed by atoms with E-state index in [9.17, 15) is 29.3 Å². The van der Waals surface area contributed by atoms with E-state index < -0.39 is 34.6 Å². The van der Waals surface area contributed by atoms with Crippen molar-refractivity contribution >= 4 is 34.9 Å². The third-order valence-corrected chi connectivity index (χ3v) is 7.86. The van der Waals surface area contributed by atoms with E-state index in [2.05, 4.69) is 0 Å². The number of esters is 1. The number of nitro benzene ring substituents is 1. The first-order valence-corrected chi connectivity index (χ1v) is 14.5. The molecule has 0 aliphatic carbocycles. The number of non-ortho nitro benzene ring substituents is 1. The first kappa shape index (κ1) is 30.6. The highest BCUT2D eigenvalue weighted by Gasteiger charge is 2.37. The summed E-state index contributed by atoms with van der Waals surface area (Å²) in [6, 6.07) is 29.4. The number of aryl methyl sites for hydroxylation is 2. The number of benzene rings is 5. The van der Waals surface area contributed by atoms with Crippen LogP contribution in [-0.4, -0.2) is 28.5 Å². The minimum absolute atomic E-state index is 0.0576. The molecule has 47 heavy (non-hydrogen) atoms. The summed E-state index contributed by atoms with van der Waals surface area (Å²) in [6.07, 6.45) is -1.39. The molecule has 0 radical (unpaired) electrons. The second kappa shape index (κ2) is 12.5. The molecule has 10 nitrogen and oxygen atoms in total. The Kier molecular flexibility index (Phi) is 8.15. The van der Waals surface area contributed by atoms with Crippen LogP contribution in [0.25, 0.3) is 0 Å². The maximum absolute atomic E-state index is 13.4. The van der Waals surface area contributed by atoms with Gasteiger partial charge in [-0.1, -0.05) is 36.4 Å². The van der Waals surface area contributed by atoms with E-state index in [1.54, 1.807) is 42.5 Å². The van der Waals surface area contributed by atoms with Crippen LogP contribution in [0.15, 0.2) is 115 Å². The highest BCUT2D eigenvalue weighted by atomic mass is 16.6. The van der Waals surface area contributed by atoms with E-state index in [1.165, 1.54) is 54.6 Å². The second-order valence-electron chi connectivity index (χ2n) is 10.9. The number of hydrogen-bond donors (Lipinski definition) is 0. The highest BCUT2D eigenvalue weighted by Crippen LogP contribution is 2.33. The average molecular weight is 627 g/mol. The third-order valence-electron chi connectivity index (χ3n) is 7.86. The number of ether oxygens (including phenoxy) is 2. The van der Waals surface area contributed by atoms with Gasteiger partial charge < -0.3 is 9.47 Å². The number of rotatable bonds is 9. The van der Waals surface area contributed by atoms with Crippen LogP contribution < -0.4 is 9.64 Å². The van der Waals surface area contributed by atoms with Gasteiger partial charge in [0.2, 0.25) is 5.78 Å². The van der Waals surface area contributed by atoms with Gasteiger partial charge in [0.25, 0.3) is 17.5 Å². The Bertz CT molecular complexity index is 2060. The Balaban J connectivity index is 1.21. The number of hydrogen-bond acceptors (Lipinski definition) is 8. The zero-order valence-corrected chi connectivity index (χ0v) is 25.2. The Morgan fingerprint density at radius 1 is 0.702 bits per heavy atom. The van der Waals surface area contributed by atoms with Crippen LogP contribution in [0, 0.1) is 24.0 Å². The predicted octanol–water partition coefficient (Wildman–Crippen LogP) is 7.59. The standard InChI is InChI=1S/C37H26N2O8/c1-22-8-17-29(20-23(22)2)46-30-18-19-31-32(21-30)36(42)38(35(31)41)27-13-11-26(12-14-27)37(43)47-34(33(40)24-6-4-3-5-7-24)25-9-15-28(16-10-25)39(44)45/h3-21,34H,1-2H3/t34-/m0/s1. The molecular weight excluding hydrogens is 600 g/mol. The monoisotopic (exact) mass is 626 g/mol. The number of ketones is 1. The lowest BCUT2D eigenvalue weighted by Gasteiger charge is -2.18. The third kappa shape index (κ3) is 6.12. The highest BCUT2D eigenvalue weighted by molar-refractivity contribution is 6.34. The van der Waals surface area contributed by atoms with Crippen LogP contribution in [-0.2, 0) is 4.74 Å². The van der Waals surface area contributed by atoms with Crippen molar-refractivity contribution in [3.05, 3.63) is 164 Å². The molecule has 0 unspecified atom stereocenters. The fraction of sp³-hybridized carbons (Fsp3) is 0.0811. The normalized spacial score (nSPS) is 12.8. The van der Waals surface area contributed by atoms with E-state index in [0.29, 0.717) is 11.5 Å². The molecule has 0 aromatic heterocycles. The Hall–Kier alpha value is -6.42. The molecule has 0 N–H and O–H groups in total. The fourth-order valence-electron chi connectivity index (χ4n) is 5.15. The zero-order valence-electron chi connectivity index (χ0n) is 25.2. The smallest absolute Gasteiger partial charge is 0.339 e. The number of imide groups is 1. The number of nitrogens with zero attached hydrogens (tertiary/aromatic N) is 2. The zero-order chi connectivity index (χ0) is 33.2. The molecule has 1 heterocycles. The van der Waals surface area contributed by atoms with Crippen molar-refractivity contribution in [1.29, 1.82) is 0 Å². The van der Waals surface area contributed by atoms with Crippen molar-refractivity contribution in [2.75, 3.05) is 4.90 Å². The molecule has 0 spiro atoms. The summed E-state index contributed by atoms with van der Waals surface area (Å²) in [7, 11) is 0. The van der Waals surface area contributed by atoms with Crippen LogP contribution in [0.1, 0.15) is 64.2 Å². The summed E-state index contributed by atoms with van der Waals surface area (Å²) >= 11 is 0. The van der Waals surface area contributed by atoms with E-state index in [1.807, 2.05) is 32.0 Å². The molecule has 1 aliphatic heterocycles. The molecule has 1 atom stereocenters. The van der Waals surface area contributed by atoms with Crippen LogP contribution in [0.2, 0.25) is 0 Å². The number of anilines is 1. The van der Waals surface area contributed by atoms with E-state index in [4.69, 9.17) is 9.47 Å². The van der Waals surface area contributed by atoms with Gasteiger partial charge in [-0.15, -0.1) is 0 Å². The number of Topliss-reactive ketones (excluding diaryl/α,β-unsaturated/α-hetero) is 1. The van der Waals surface area contributed by atoms with Crippen molar-refractivity contribution in [1.82, 2.24) is 0 Å². The van der Waals surface area contributed by atoms with Crippen molar-refractivity contribution < 1.29 is 33.6 Å². The molecule has 0 saturated heterocycles. The van der Waals surface area contributed by atoms with Gasteiger partial charge in [0.05, 0.1) is 27.3 Å². The molecule has 5 aromatic carbocycles. The first-order chi connectivity index (χ1) is 22.6. The predicted molar refractivity (Wildman–Crippen MR) is 172 cm³/mol. The molecule has 6 rings (SSSR count). The maximum Gasteiger partial charge on any atom is 0.339 e. The van der Waals surface area contributed by atoms with Gasteiger partial charge in [0.15, 0.2) is 6.10 Å². The van der Waals surface area contributed by atoms with Gasteiger partial charge in [-0.05, 0) is 91.7 Å². The summed E-state index contributed by atoms with van der Waals surface area (Å²) in [5.41, 5.74) is 3.22. The van der Waals surface area contributed by atoms with Crippen molar-refractivity contribution in [2.45, 2.75) is 20.0 Å². The van der Waals surface area contributed by atoms with E-state index in [-0.39, 0.29) is 39.2 Å². The largest absolute Gasteiger partial charge is 0.457 e. The number of nitro groups is 1. The van der Waals surface area contributed by atoms with Crippen LogP contribution in [0.5, 0.6) is 11.5 Å². The molecular formula is C37H26N2O8. The van der Waals surface area contributed by atoms with Gasteiger partial charge in [-0.25, -0.2) is 9.69 Å². The van der Waals surface area contributed by atoms with E-state index >= 15 is 0 Å².